The summed E-state index contributed by atoms with van der Waals surface area (Å²) in [6.07, 6.45) is 0. The second-order valence-corrected chi connectivity index (χ2v) is 10.7. The van der Waals surface area contributed by atoms with Crippen molar-refractivity contribution in [1.29, 1.82) is 0 Å². The molecule has 0 spiro atoms. The van der Waals surface area contributed by atoms with Crippen molar-refractivity contribution in [3.05, 3.63) is 77.3 Å². The number of anilines is 3. The van der Waals surface area contributed by atoms with Crippen LogP contribution in [0.15, 0.2) is 76.5 Å². The summed E-state index contributed by atoms with van der Waals surface area (Å²) >= 11 is 6.03. The molecule has 0 bridgehead atoms. The number of amides is 1. The van der Waals surface area contributed by atoms with Crippen molar-refractivity contribution in [2.45, 2.75) is 23.6 Å². The standard InChI is InChI=1S/C21H20ClN3O5S2/c1-14-3-4-18(13-21(14)22)25-32(29,30)20-11-7-17(8-12-20)24-31(27,28)19-9-5-16(6-10-19)23-15(2)26/h3-13,24-25H,1-2H3,(H,23,26). The fourth-order valence-electron chi connectivity index (χ4n) is 2.71. The number of rotatable bonds is 7. The Hall–Kier alpha value is -3.08. The molecule has 0 aliphatic rings. The summed E-state index contributed by atoms with van der Waals surface area (Å²) in [5.41, 5.74) is 1.78. The maximum Gasteiger partial charge on any atom is 0.261 e. The molecule has 3 rings (SSSR count). The van der Waals surface area contributed by atoms with Gasteiger partial charge >= 0.3 is 0 Å². The van der Waals surface area contributed by atoms with Gasteiger partial charge in [0.15, 0.2) is 0 Å². The first-order valence-corrected chi connectivity index (χ1v) is 12.6. The average molecular weight is 494 g/mol. The van der Waals surface area contributed by atoms with E-state index in [4.69, 9.17) is 11.6 Å². The third-order valence-electron chi connectivity index (χ3n) is 4.33. The molecule has 1 amide bonds. The molecule has 168 valence electrons. The molecule has 11 heteroatoms. The molecular weight excluding hydrogens is 474 g/mol. The Kier molecular flexibility index (Phi) is 6.77. The van der Waals surface area contributed by atoms with Gasteiger partial charge in [-0.25, -0.2) is 16.8 Å². The van der Waals surface area contributed by atoms with Gasteiger partial charge < -0.3 is 5.32 Å². The Bertz CT molecular complexity index is 1360. The van der Waals surface area contributed by atoms with Gasteiger partial charge in [0.25, 0.3) is 20.0 Å². The number of halogens is 1. The smallest absolute Gasteiger partial charge is 0.261 e. The minimum absolute atomic E-state index is 0.0128. The number of sulfonamides is 2. The van der Waals surface area contributed by atoms with Gasteiger partial charge in [-0.1, -0.05) is 17.7 Å². The molecule has 0 fully saturated rings. The normalized spacial score (nSPS) is 11.6. The highest BCUT2D eigenvalue weighted by Gasteiger charge is 2.17. The summed E-state index contributed by atoms with van der Waals surface area (Å²) in [6, 6.07) is 15.7. The molecule has 0 atom stereocenters. The SMILES string of the molecule is CC(=O)Nc1ccc(S(=O)(=O)Nc2ccc(S(=O)(=O)Nc3ccc(C)c(Cl)c3)cc2)cc1. The minimum Gasteiger partial charge on any atom is -0.326 e. The first-order valence-electron chi connectivity index (χ1n) is 9.26. The van der Waals surface area contributed by atoms with E-state index in [1.54, 1.807) is 19.1 Å². The van der Waals surface area contributed by atoms with Crippen LogP contribution < -0.4 is 14.8 Å². The summed E-state index contributed by atoms with van der Waals surface area (Å²) in [4.78, 5) is 11.0. The van der Waals surface area contributed by atoms with Crippen LogP contribution in [0.2, 0.25) is 5.02 Å². The highest BCUT2D eigenvalue weighted by Crippen LogP contribution is 2.24. The van der Waals surface area contributed by atoms with Gasteiger partial charge in [0.2, 0.25) is 5.91 Å². The Morgan fingerprint density at radius 1 is 0.719 bits per heavy atom. The van der Waals surface area contributed by atoms with Gasteiger partial charge in [0.05, 0.1) is 15.5 Å². The molecule has 0 unspecified atom stereocenters. The number of hydrogen-bond acceptors (Lipinski definition) is 5. The van der Waals surface area contributed by atoms with Crippen molar-refractivity contribution < 1.29 is 21.6 Å². The lowest BCUT2D eigenvalue weighted by molar-refractivity contribution is -0.114. The Labute approximate surface area is 191 Å². The summed E-state index contributed by atoms with van der Waals surface area (Å²) in [7, 11) is -7.80. The Morgan fingerprint density at radius 2 is 1.16 bits per heavy atom. The number of carbonyl (C=O) groups is 1. The molecule has 0 radical (unpaired) electrons. The van der Waals surface area contributed by atoms with Gasteiger partial charge in [0.1, 0.15) is 0 Å². The van der Waals surface area contributed by atoms with Crippen LogP contribution in [0.3, 0.4) is 0 Å². The summed E-state index contributed by atoms with van der Waals surface area (Å²) < 4.78 is 55.2. The van der Waals surface area contributed by atoms with Gasteiger partial charge in [-0.2, -0.15) is 0 Å². The first-order chi connectivity index (χ1) is 15.0. The molecule has 0 heterocycles. The zero-order valence-electron chi connectivity index (χ0n) is 17.1. The number of carbonyl (C=O) groups excluding carboxylic acids is 1. The van der Waals surface area contributed by atoms with E-state index in [2.05, 4.69) is 14.8 Å². The highest BCUT2D eigenvalue weighted by atomic mass is 35.5. The van der Waals surface area contributed by atoms with E-state index < -0.39 is 20.0 Å². The average Bonchev–Trinajstić information content (AvgIpc) is 2.71. The second-order valence-electron chi connectivity index (χ2n) is 6.90. The van der Waals surface area contributed by atoms with Crippen LogP contribution in [-0.4, -0.2) is 22.7 Å². The highest BCUT2D eigenvalue weighted by molar-refractivity contribution is 7.93. The van der Waals surface area contributed by atoms with E-state index >= 15 is 0 Å². The van der Waals surface area contributed by atoms with Crippen LogP contribution >= 0.6 is 11.6 Å². The Morgan fingerprint density at radius 3 is 1.62 bits per heavy atom. The van der Waals surface area contributed by atoms with Crippen molar-refractivity contribution in [2.75, 3.05) is 14.8 Å². The fourth-order valence-corrected chi connectivity index (χ4v) is 5.00. The fraction of sp³-hybridized carbons (Fsp3) is 0.0952. The monoisotopic (exact) mass is 493 g/mol. The summed E-state index contributed by atoms with van der Waals surface area (Å²) in [6.45, 7) is 3.15. The number of hydrogen-bond donors (Lipinski definition) is 3. The van der Waals surface area contributed by atoms with Crippen LogP contribution in [0.4, 0.5) is 17.1 Å². The van der Waals surface area contributed by atoms with E-state index in [-0.39, 0.29) is 21.4 Å². The molecule has 3 aromatic carbocycles. The molecule has 0 aliphatic heterocycles. The maximum absolute atomic E-state index is 12.6. The zero-order valence-corrected chi connectivity index (χ0v) is 19.5. The predicted molar refractivity (Wildman–Crippen MR) is 125 cm³/mol. The first kappa shape index (κ1) is 23.6. The van der Waals surface area contributed by atoms with Crippen LogP contribution in [0.25, 0.3) is 0 Å². The third-order valence-corrected chi connectivity index (χ3v) is 7.53. The quantitative estimate of drug-likeness (QED) is 0.455. The lowest BCUT2D eigenvalue weighted by atomic mass is 10.2. The van der Waals surface area contributed by atoms with Crippen molar-refractivity contribution in [1.82, 2.24) is 0 Å². The lowest BCUT2D eigenvalue weighted by Crippen LogP contribution is -2.15. The maximum atomic E-state index is 12.6. The van der Waals surface area contributed by atoms with Crippen LogP contribution in [-0.2, 0) is 24.8 Å². The summed E-state index contributed by atoms with van der Waals surface area (Å²) in [5.74, 6) is -0.270. The number of benzene rings is 3. The Balaban J connectivity index is 1.74. The molecule has 32 heavy (non-hydrogen) atoms. The topological polar surface area (TPSA) is 121 Å². The van der Waals surface area contributed by atoms with E-state index in [9.17, 15) is 21.6 Å². The van der Waals surface area contributed by atoms with Crippen LogP contribution in [0.5, 0.6) is 0 Å². The van der Waals surface area contributed by atoms with Gasteiger partial charge in [-0.15, -0.1) is 0 Å². The van der Waals surface area contributed by atoms with Crippen molar-refractivity contribution in [3.63, 3.8) is 0 Å². The molecule has 0 saturated carbocycles. The van der Waals surface area contributed by atoms with Gasteiger partial charge in [0, 0.05) is 23.3 Å². The van der Waals surface area contributed by atoms with E-state index in [1.807, 2.05) is 0 Å². The van der Waals surface area contributed by atoms with Crippen LogP contribution in [0.1, 0.15) is 12.5 Å². The largest absolute Gasteiger partial charge is 0.326 e. The minimum atomic E-state index is -3.91. The van der Waals surface area contributed by atoms with Gasteiger partial charge in [-0.05, 0) is 73.2 Å². The molecule has 0 aliphatic carbocycles. The zero-order chi connectivity index (χ0) is 23.5. The molecule has 3 N–H and O–H groups in total. The molecule has 0 saturated heterocycles. The third kappa shape index (κ3) is 5.78. The lowest BCUT2D eigenvalue weighted by Gasteiger charge is -2.11. The van der Waals surface area contributed by atoms with Crippen molar-refractivity contribution >= 4 is 54.6 Å². The molecule has 3 aromatic rings. The van der Waals surface area contributed by atoms with E-state index in [0.29, 0.717) is 16.4 Å². The second kappa shape index (κ2) is 9.19. The molecule has 8 nitrogen and oxygen atoms in total. The van der Waals surface area contributed by atoms with Crippen molar-refractivity contribution in [3.8, 4) is 0 Å². The summed E-state index contributed by atoms with van der Waals surface area (Å²) in [5, 5.41) is 2.98. The molecule has 0 aromatic heterocycles. The molecular formula is C21H20ClN3O5S2. The predicted octanol–water partition coefficient (Wildman–Crippen LogP) is 4.21. The number of nitrogens with one attached hydrogen (secondary N) is 3. The van der Waals surface area contributed by atoms with Gasteiger partial charge in [-0.3, -0.25) is 14.2 Å². The van der Waals surface area contributed by atoms with E-state index in [0.717, 1.165) is 5.56 Å². The van der Waals surface area contributed by atoms with Crippen molar-refractivity contribution in [2.24, 2.45) is 0 Å². The number of aryl methyl sites for hydroxylation is 1. The van der Waals surface area contributed by atoms with Crippen LogP contribution in [0, 0.1) is 6.92 Å². The van der Waals surface area contributed by atoms with E-state index in [1.165, 1.54) is 61.5 Å².